The second-order valence-electron chi connectivity index (χ2n) is 6.64. The molecule has 1 atom stereocenters. The number of hydrogen-bond acceptors (Lipinski definition) is 3. The molecule has 5 nitrogen and oxygen atoms in total. The van der Waals surface area contributed by atoms with Gasteiger partial charge in [0.05, 0.1) is 18.2 Å². The number of carbonyl (C=O) groups excluding carboxylic acids is 2. The second-order valence-corrected chi connectivity index (χ2v) is 6.64. The maximum atomic E-state index is 12.8. The van der Waals surface area contributed by atoms with Gasteiger partial charge < -0.3 is 10.2 Å². The minimum Gasteiger partial charge on any atom is -0.336 e. The number of nitrogens with zero attached hydrogens (tertiary/aromatic N) is 2. The van der Waals surface area contributed by atoms with Gasteiger partial charge in [-0.1, -0.05) is 38.1 Å². The summed E-state index contributed by atoms with van der Waals surface area (Å²) in [6.07, 6.45) is 3.69. The van der Waals surface area contributed by atoms with E-state index in [4.69, 9.17) is 0 Å². The molecule has 2 aromatic rings. The van der Waals surface area contributed by atoms with Crippen LogP contribution in [-0.2, 0) is 29.0 Å². The molecule has 1 saturated heterocycles. The molecule has 1 aliphatic heterocycles. The summed E-state index contributed by atoms with van der Waals surface area (Å²) in [5, 5.41) is 3.09. The van der Waals surface area contributed by atoms with Crippen LogP contribution in [0.15, 0.2) is 42.6 Å². The number of nitrogens with one attached hydrogen (secondary N) is 1. The van der Waals surface area contributed by atoms with E-state index >= 15 is 0 Å². The number of amides is 2. The summed E-state index contributed by atoms with van der Waals surface area (Å²) in [5.41, 5.74) is 4.02. The van der Waals surface area contributed by atoms with Gasteiger partial charge in [-0.25, -0.2) is 0 Å². The first-order chi connectivity index (χ1) is 12.6. The fourth-order valence-corrected chi connectivity index (χ4v) is 3.42. The minimum absolute atomic E-state index is 0.00953. The van der Waals surface area contributed by atoms with Crippen LogP contribution in [0.1, 0.15) is 37.1 Å². The van der Waals surface area contributed by atoms with Crippen LogP contribution in [0.25, 0.3) is 0 Å². The minimum atomic E-state index is -0.319. The van der Waals surface area contributed by atoms with Crippen molar-refractivity contribution in [2.75, 3.05) is 11.9 Å². The van der Waals surface area contributed by atoms with Gasteiger partial charge in [-0.05, 0) is 36.1 Å². The van der Waals surface area contributed by atoms with Crippen LogP contribution in [0, 0.1) is 5.92 Å². The van der Waals surface area contributed by atoms with Gasteiger partial charge in [0.1, 0.15) is 0 Å². The first-order valence-corrected chi connectivity index (χ1v) is 9.21. The summed E-state index contributed by atoms with van der Waals surface area (Å²) < 4.78 is 0. The number of para-hydroxylation sites is 1. The molecule has 136 valence electrons. The van der Waals surface area contributed by atoms with Gasteiger partial charge in [0.15, 0.2) is 0 Å². The zero-order chi connectivity index (χ0) is 18.5. The molecule has 1 aromatic carbocycles. The fourth-order valence-electron chi connectivity index (χ4n) is 3.42. The predicted molar refractivity (Wildman–Crippen MR) is 102 cm³/mol. The normalized spacial score (nSPS) is 16.8. The van der Waals surface area contributed by atoms with E-state index in [2.05, 4.69) is 24.1 Å². The largest absolute Gasteiger partial charge is 0.336 e. The van der Waals surface area contributed by atoms with E-state index in [9.17, 15) is 9.59 Å². The number of aromatic nitrogens is 1. The predicted octanol–water partition coefficient (Wildman–Crippen LogP) is 3.19. The van der Waals surface area contributed by atoms with Crippen molar-refractivity contribution >= 4 is 17.5 Å². The smallest absolute Gasteiger partial charge is 0.229 e. The van der Waals surface area contributed by atoms with Crippen molar-refractivity contribution in [3.05, 3.63) is 59.4 Å². The van der Waals surface area contributed by atoms with Crippen molar-refractivity contribution in [3.8, 4) is 0 Å². The maximum absolute atomic E-state index is 12.8. The summed E-state index contributed by atoms with van der Waals surface area (Å²) in [6.45, 7) is 5.06. The number of pyridine rings is 1. The molecule has 0 saturated carbocycles. The molecule has 0 bridgehead atoms. The quantitative estimate of drug-likeness (QED) is 0.869. The standard InChI is InChI=1S/C21H25N3O2/c1-3-15-8-7-9-16(4-2)20(15)23-21(26)17-12-19(25)24(13-17)14-18-10-5-6-11-22-18/h5-11,17H,3-4,12-14H2,1-2H3,(H,23,26). The average Bonchev–Trinajstić information content (AvgIpc) is 3.03. The zero-order valence-electron chi connectivity index (χ0n) is 15.4. The molecule has 1 unspecified atom stereocenters. The third kappa shape index (κ3) is 3.93. The molecule has 1 fully saturated rings. The SMILES string of the molecule is CCc1cccc(CC)c1NC(=O)C1CC(=O)N(Cc2ccccn2)C1. The molecule has 5 heteroatoms. The molecule has 1 N–H and O–H groups in total. The van der Waals surface area contributed by atoms with Crippen molar-refractivity contribution in [2.45, 2.75) is 39.7 Å². The number of aryl methyl sites for hydroxylation is 2. The van der Waals surface area contributed by atoms with Gasteiger partial charge in [0.25, 0.3) is 0 Å². The Balaban J connectivity index is 1.69. The van der Waals surface area contributed by atoms with Crippen LogP contribution in [0.2, 0.25) is 0 Å². The first kappa shape index (κ1) is 18.1. The molecule has 3 rings (SSSR count). The van der Waals surface area contributed by atoms with Gasteiger partial charge >= 0.3 is 0 Å². The highest BCUT2D eigenvalue weighted by Gasteiger charge is 2.34. The number of rotatable bonds is 6. The number of benzene rings is 1. The van der Waals surface area contributed by atoms with E-state index in [0.717, 1.165) is 35.3 Å². The van der Waals surface area contributed by atoms with E-state index in [1.54, 1.807) is 11.1 Å². The van der Waals surface area contributed by atoms with Crippen LogP contribution in [-0.4, -0.2) is 28.2 Å². The van der Waals surface area contributed by atoms with Gasteiger partial charge in [0.2, 0.25) is 11.8 Å². The zero-order valence-corrected chi connectivity index (χ0v) is 15.4. The van der Waals surface area contributed by atoms with Crippen LogP contribution in [0.3, 0.4) is 0 Å². The summed E-state index contributed by atoms with van der Waals surface area (Å²) in [7, 11) is 0. The Morgan fingerprint density at radius 1 is 1.15 bits per heavy atom. The molecular formula is C21H25N3O2. The van der Waals surface area contributed by atoms with Crippen LogP contribution in [0.5, 0.6) is 0 Å². The highest BCUT2D eigenvalue weighted by molar-refractivity contribution is 5.98. The Hall–Kier alpha value is -2.69. The summed E-state index contributed by atoms with van der Waals surface area (Å²) in [6, 6.07) is 11.8. The lowest BCUT2D eigenvalue weighted by Crippen LogP contribution is -2.28. The Labute approximate surface area is 154 Å². The highest BCUT2D eigenvalue weighted by Crippen LogP contribution is 2.26. The third-order valence-electron chi connectivity index (χ3n) is 4.91. The highest BCUT2D eigenvalue weighted by atomic mass is 16.2. The van der Waals surface area contributed by atoms with Crippen molar-refractivity contribution in [2.24, 2.45) is 5.92 Å². The molecule has 2 heterocycles. The van der Waals surface area contributed by atoms with Gasteiger partial charge in [-0.2, -0.15) is 0 Å². The summed E-state index contributed by atoms with van der Waals surface area (Å²) in [5.74, 6) is -0.381. The number of anilines is 1. The van der Waals surface area contributed by atoms with E-state index in [1.807, 2.05) is 36.4 Å². The molecule has 26 heavy (non-hydrogen) atoms. The molecule has 0 spiro atoms. The molecule has 0 radical (unpaired) electrons. The number of hydrogen-bond donors (Lipinski definition) is 1. The molecule has 0 aliphatic carbocycles. The number of carbonyl (C=O) groups is 2. The molecule has 1 aliphatic rings. The lowest BCUT2D eigenvalue weighted by atomic mass is 10.0. The van der Waals surface area contributed by atoms with Crippen molar-refractivity contribution in [3.63, 3.8) is 0 Å². The van der Waals surface area contributed by atoms with E-state index in [1.165, 1.54) is 0 Å². The van der Waals surface area contributed by atoms with Crippen molar-refractivity contribution < 1.29 is 9.59 Å². The Bertz CT molecular complexity index is 767. The van der Waals surface area contributed by atoms with E-state index in [0.29, 0.717) is 13.1 Å². The molecule has 1 aromatic heterocycles. The van der Waals surface area contributed by atoms with Crippen LogP contribution < -0.4 is 5.32 Å². The Morgan fingerprint density at radius 3 is 2.50 bits per heavy atom. The third-order valence-corrected chi connectivity index (χ3v) is 4.91. The summed E-state index contributed by atoms with van der Waals surface area (Å²) >= 11 is 0. The summed E-state index contributed by atoms with van der Waals surface area (Å²) in [4.78, 5) is 31.1. The lowest BCUT2D eigenvalue weighted by molar-refractivity contribution is -0.128. The van der Waals surface area contributed by atoms with Crippen molar-refractivity contribution in [1.29, 1.82) is 0 Å². The maximum Gasteiger partial charge on any atom is 0.229 e. The first-order valence-electron chi connectivity index (χ1n) is 9.21. The Kier molecular flexibility index (Phi) is 5.66. The topological polar surface area (TPSA) is 62.3 Å². The van der Waals surface area contributed by atoms with Gasteiger partial charge in [0, 0.05) is 24.8 Å². The molecular weight excluding hydrogens is 326 g/mol. The fraction of sp³-hybridized carbons (Fsp3) is 0.381. The Morgan fingerprint density at radius 2 is 1.88 bits per heavy atom. The van der Waals surface area contributed by atoms with Crippen molar-refractivity contribution in [1.82, 2.24) is 9.88 Å². The van der Waals surface area contributed by atoms with Crippen LogP contribution in [0.4, 0.5) is 5.69 Å². The molecule has 2 amide bonds. The van der Waals surface area contributed by atoms with E-state index < -0.39 is 0 Å². The monoisotopic (exact) mass is 351 g/mol. The lowest BCUT2D eigenvalue weighted by Gasteiger charge is -2.18. The average molecular weight is 351 g/mol. The van der Waals surface area contributed by atoms with Gasteiger partial charge in [-0.15, -0.1) is 0 Å². The number of likely N-dealkylation sites (tertiary alicyclic amines) is 1. The van der Waals surface area contributed by atoms with Gasteiger partial charge in [-0.3, -0.25) is 14.6 Å². The van der Waals surface area contributed by atoms with E-state index in [-0.39, 0.29) is 24.2 Å². The van der Waals surface area contributed by atoms with Crippen LogP contribution >= 0.6 is 0 Å². The second kappa shape index (κ2) is 8.13.